The van der Waals surface area contributed by atoms with E-state index >= 15 is 0 Å². The molecule has 0 aromatic heterocycles. The molecule has 2 N–H and O–H groups in total. The summed E-state index contributed by atoms with van der Waals surface area (Å²) in [5, 5.41) is 15.8. The number of amides is 3. The van der Waals surface area contributed by atoms with Gasteiger partial charge in [-0.05, 0) is 23.3 Å². The first kappa shape index (κ1) is 25.3. The number of hydrogen-bond acceptors (Lipinski definition) is 5. The van der Waals surface area contributed by atoms with Gasteiger partial charge in [-0.3, -0.25) is 9.59 Å². The van der Waals surface area contributed by atoms with E-state index in [1.165, 1.54) is 31.4 Å². The second kappa shape index (κ2) is 11.0. The molecule has 1 aliphatic rings. The Hall–Kier alpha value is -3.01. The summed E-state index contributed by atoms with van der Waals surface area (Å²) in [4.78, 5) is 48.8. The summed E-state index contributed by atoms with van der Waals surface area (Å²) in [6, 6.07) is 9.41. The van der Waals surface area contributed by atoms with Crippen LogP contribution in [0.3, 0.4) is 0 Å². The zero-order chi connectivity index (χ0) is 22.5. The Kier molecular flexibility index (Phi) is 8.71. The SMILES string of the molecule is CN1C=CC(=O)C(NC(=O)N[C@@H](CC(=O)[O-])c2cc(-c3ccccc3)ccc2F)C1=O.[Na+]. The molecule has 0 saturated heterocycles. The predicted octanol–water partition coefficient (Wildman–Crippen LogP) is -2.10. The van der Waals surface area contributed by atoms with Gasteiger partial charge >= 0.3 is 35.6 Å². The summed E-state index contributed by atoms with van der Waals surface area (Å²) in [6.07, 6.45) is 1.69. The second-order valence-electron chi connectivity index (χ2n) is 6.95. The maximum atomic E-state index is 14.6. The van der Waals surface area contributed by atoms with Crippen molar-refractivity contribution in [3.05, 3.63) is 72.2 Å². The van der Waals surface area contributed by atoms with Gasteiger partial charge in [0.2, 0.25) is 0 Å². The van der Waals surface area contributed by atoms with Gasteiger partial charge in [0, 0.05) is 37.3 Å². The molecule has 160 valence electrons. The minimum Gasteiger partial charge on any atom is -0.550 e. The van der Waals surface area contributed by atoms with Gasteiger partial charge in [0.25, 0.3) is 5.91 Å². The van der Waals surface area contributed by atoms with Gasteiger partial charge in [0.15, 0.2) is 11.8 Å². The number of carboxylic acids is 1. The largest absolute Gasteiger partial charge is 1.00 e. The molecule has 32 heavy (non-hydrogen) atoms. The summed E-state index contributed by atoms with van der Waals surface area (Å²) >= 11 is 0. The molecule has 1 aliphatic heterocycles. The number of urea groups is 1. The van der Waals surface area contributed by atoms with Crippen LogP contribution in [0.4, 0.5) is 9.18 Å². The first-order valence-electron chi connectivity index (χ1n) is 9.36. The summed E-state index contributed by atoms with van der Waals surface area (Å²) in [5.41, 5.74) is 1.32. The molecule has 0 saturated carbocycles. The molecule has 2 atom stereocenters. The number of ketones is 1. The Labute approximate surface area is 205 Å². The molecule has 1 heterocycles. The Morgan fingerprint density at radius 2 is 1.81 bits per heavy atom. The quantitative estimate of drug-likeness (QED) is 0.389. The smallest absolute Gasteiger partial charge is 0.550 e. The van der Waals surface area contributed by atoms with Crippen molar-refractivity contribution in [3.63, 3.8) is 0 Å². The molecule has 1 unspecified atom stereocenters. The molecule has 10 heteroatoms. The number of hydrogen-bond donors (Lipinski definition) is 2. The molecule has 3 amide bonds. The third-order valence-corrected chi connectivity index (χ3v) is 4.77. The average Bonchev–Trinajstić information content (AvgIpc) is 2.74. The number of nitrogens with one attached hydrogen (secondary N) is 2. The van der Waals surface area contributed by atoms with Crippen LogP contribution in [-0.2, 0) is 14.4 Å². The Morgan fingerprint density at radius 3 is 2.47 bits per heavy atom. The maximum absolute atomic E-state index is 14.6. The van der Waals surface area contributed by atoms with Crippen molar-refractivity contribution in [2.75, 3.05) is 7.05 Å². The molecule has 8 nitrogen and oxygen atoms in total. The van der Waals surface area contributed by atoms with Crippen LogP contribution in [0.15, 0.2) is 60.8 Å². The molecule has 2 aromatic carbocycles. The number of rotatable bonds is 6. The summed E-state index contributed by atoms with van der Waals surface area (Å²) in [5.74, 6) is -3.52. The molecule has 0 spiro atoms. The molecule has 3 rings (SSSR count). The molecular formula is C22H19FN3NaO5. The van der Waals surface area contributed by atoms with Crippen molar-refractivity contribution in [1.82, 2.24) is 15.5 Å². The van der Waals surface area contributed by atoms with E-state index in [1.807, 2.05) is 6.07 Å². The molecular weight excluding hydrogens is 428 g/mol. The van der Waals surface area contributed by atoms with E-state index in [9.17, 15) is 28.7 Å². The number of aliphatic carboxylic acids is 1. The maximum Gasteiger partial charge on any atom is 1.00 e. The van der Waals surface area contributed by atoms with E-state index in [1.54, 1.807) is 24.3 Å². The van der Waals surface area contributed by atoms with Crippen LogP contribution < -0.4 is 45.3 Å². The zero-order valence-corrected chi connectivity index (χ0v) is 19.5. The topological polar surface area (TPSA) is 119 Å². The van der Waals surface area contributed by atoms with Crippen molar-refractivity contribution < 1.29 is 58.2 Å². The van der Waals surface area contributed by atoms with Gasteiger partial charge in [-0.25, -0.2) is 9.18 Å². The predicted molar refractivity (Wildman–Crippen MR) is 107 cm³/mol. The number of nitrogens with zero attached hydrogens (tertiary/aromatic N) is 1. The number of carbonyl (C=O) groups excluding carboxylic acids is 4. The van der Waals surface area contributed by atoms with Crippen molar-refractivity contribution in [2.45, 2.75) is 18.5 Å². The Morgan fingerprint density at radius 1 is 1.12 bits per heavy atom. The summed E-state index contributed by atoms with van der Waals surface area (Å²) < 4.78 is 14.6. The van der Waals surface area contributed by atoms with Crippen LogP contribution in [0.2, 0.25) is 0 Å². The fourth-order valence-corrected chi connectivity index (χ4v) is 3.17. The number of likely N-dealkylation sites (N-methyl/N-ethyl adjacent to an activating group) is 1. The minimum absolute atomic E-state index is 0. The number of carboxylic acid groups (broad SMARTS) is 1. The van der Waals surface area contributed by atoms with E-state index in [4.69, 9.17) is 0 Å². The van der Waals surface area contributed by atoms with Crippen molar-refractivity contribution in [3.8, 4) is 11.1 Å². The van der Waals surface area contributed by atoms with E-state index in [2.05, 4.69) is 10.6 Å². The molecule has 2 aromatic rings. The van der Waals surface area contributed by atoms with Gasteiger partial charge in [-0.1, -0.05) is 36.4 Å². The summed E-state index contributed by atoms with van der Waals surface area (Å²) in [7, 11) is 1.42. The van der Waals surface area contributed by atoms with Crippen molar-refractivity contribution in [2.24, 2.45) is 0 Å². The standard InChI is InChI=1S/C22H20FN3O5.Na/c1-26-10-9-18(27)20(21(26)30)25-22(31)24-17(12-19(28)29)15-11-14(7-8-16(15)23)13-5-3-2-4-6-13;/h2-11,17,20H,12H2,1H3,(H,28,29)(H2,24,25,31);/q;+1/p-1/t17-,20?;/m0./s1. The van der Waals surface area contributed by atoms with Crippen LogP contribution in [-0.4, -0.2) is 41.7 Å². The fourth-order valence-electron chi connectivity index (χ4n) is 3.17. The number of halogens is 1. The molecule has 0 radical (unpaired) electrons. The van der Waals surface area contributed by atoms with Crippen molar-refractivity contribution >= 4 is 23.7 Å². The molecule has 0 aliphatic carbocycles. The first-order chi connectivity index (χ1) is 14.8. The van der Waals surface area contributed by atoms with Crippen LogP contribution in [0, 0.1) is 5.82 Å². The van der Waals surface area contributed by atoms with Crippen LogP contribution in [0.1, 0.15) is 18.0 Å². The molecule has 0 bridgehead atoms. The molecule has 0 fully saturated rings. The van der Waals surface area contributed by atoms with Gasteiger partial charge < -0.3 is 25.4 Å². The number of benzene rings is 2. The van der Waals surface area contributed by atoms with Crippen LogP contribution in [0.25, 0.3) is 11.1 Å². The van der Waals surface area contributed by atoms with E-state index in [0.717, 1.165) is 16.5 Å². The first-order valence-corrected chi connectivity index (χ1v) is 9.36. The van der Waals surface area contributed by atoms with Gasteiger partial charge in [-0.2, -0.15) is 0 Å². The minimum atomic E-state index is -1.51. The third-order valence-electron chi connectivity index (χ3n) is 4.77. The van der Waals surface area contributed by atoms with Gasteiger partial charge in [0.1, 0.15) is 5.82 Å². The van der Waals surface area contributed by atoms with E-state index in [0.29, 0.717) is 5.56 Å². The monoisotopic (exact) mass is 447 g/mol. The zero-order valence-electron chi connectivity index (χ0n) is 17.5. The normalized spacial score (nSPS) is 16.2. The van der Waals surface area contributed by atoms with Crippen LogP contribution >= 0.6 is 0 Å². The van der Waals surface area contributed by atoms with E-state index < -0.39 is 48.0 Å². The second-order valence-corrected chi connectivity index (χ2v) is 6.95. The fraction of sp³-hybridized carbons (Fsp3) is 0.182. The van der Waals surface area contributed by atoms with Gasteiger partial charge in [0.05, 0.1) is 6.04 Å². The third kappa shape index (κ3) is 6.03. The summed E-state index contributed by atoms with van der Waals surface area (Å²) in [6.45, 7) is 0. The number of carbonyl (C=O) groups is 4. The Bertz CT molecular complexity index is 1060. The Balaban J connectivity index is 0.00000363. The van der Waals surface area contributed by atoms with Crippen LogP contribution in [0.5, 0.6) is 0 Å². The average molecular weight is 447 g/mol. The van der Waals surface area contributed by atoms with E-state index in [-0.39, 0.29) is 35.1 Å². The van der Waals surface area contributed by atoms with Gasteiger partial charge in [-0.15, -0.1) is 0 Å². The van der Waals surface area contributed by atoms with Crippen molar-refractivity contribution in [1.29, 1.82) is 0 Å².